The van der Waals surface area contributed by atoms with Gasteiger partial charge in [0.05, 0.1) is 6.04 Å². The normalized spacial score (nSPS) is 12.7. The maximum absolute atomic E-state index is 5.92. The lowest BCUT2D eigenvalue weighted by Gasteiger charge is -2.16. The molecule has 0 aliphatic heterocycles. The lowest BCUT2D eigenvalue weighted by Crippen LogP contribution is -2.12. The predicted molar refractivity (Wildman–Crippen MR) is 87.7 cm³/mol. The third kappa shape index (κ3) is 2.80. The molecule has 3 heterocycles. The molecule has 0 radical (unpaired) electrons. The minimum absolute atomic E-state index is 0.107. The first-order valence-electron chi connectivity index (χ1n) is 6.69. The van der Waals surface area contributed by atoms with Crippen LogP contribution in [0.15, 0.2) is 41.3 Å². The van der Waals surface area contributed by atoms with Crippen molar-refractivity contribution in [2.24, 2.45) is 0 Å². The van der Waals surface area contributed by atoms with Gasteiger partial charge in [0.15, 0.2) is 5.65 Å². The summed E-state index contributed by atoms with van der Waals surface area (Å²) < 4.78 is 3.06. The van der Waals surface area contributed by atoms with Gasteiger partial charge >= 0.3 is 0 Å². The highest BCUT2D eigenvalue weighted by atomic mass is 79.9. The number of rotatable bonds is 4. The third-order valence-corrected chi connectivity index (χ3v) is 4.06. The molecule has 3 aromatic heterocycles. The fraction of sp³-hybridized carbons (Fsp3) is 0.267. The number of hydrogen-bond acceptors (Lipinski definition) is 3. The van der Waals surface area contributed by atoms with Gasteiger partial charge in [0.1, 0.15) is 11.3 Å². The topological polar surface area (TPSA) is 43.6 Å². The summed E-state index contributed by atoms with van der Waals surface area (Å²) in [6.07, 6.45) is 6.15. The molecule has 0 aromatic carbocycles. The molecule has 0 spiro atoms. The molecular weight excluding hydrogens is 352 g/mol. The van der Waals surface area contributed by atoms with E-state index in [1.54, 1.807) is 12.4 Å². The van der Waals surface area contributed by atoms with Gasteiger partial charge in [0.25, 0.3) is 0 Å². The Bertz CT molecular complexity index is 757. The van der Waals surface area contributed by atoms with Crippen LogP contribution in [0.5, 0.6) is 0 Å². The van der Waals surface area contributed by atoms with Gasteiger partial charge in [-0.15, -0.1) is 11.6 Å². The van der Waals surface area contributed by atoms with Crippen LogP contribution in [0.25, 0.3) is 11.2 Å². The maximum Gasteiger partial charge on any atom is 0.160 e. The van der Waals surface area contributed by atoms with Crippen LogP contribution < -0.4 is 0 Å². The second kappa shape index (κ2) is 6.12. The summed E-state index contributed by atoms with van der Waals surface area (Å²) in [5.74, 6) is 1.48. The van der Waals surface area contributed by atoms with Gasteiger partial charge in [-0.1, -0.05) is 6.07 Å². The Balaban J connectivity index is 2.17. The molecule has 3 rings (SSSR count). The Kier molecular flexibility index (Phi) is 4.22. The van der Waals surface area contributed by atoms with Crippen molar-refractivity contribution >= 4 is 38.7 Å². The van der Waals surface area contributed by atoms with E-state index in [4.69, 9.17) is 11.6 Å². The molecule has 0 saturated heterocycles. The molecular formula is C15H14BrClN4. The Morgan fingerprint density at radius 2 is 2.24 bits per heavy atom. The van der Waals surface area contributed by atoms with E-state index in [2.05, 4.69) is 48.4 Å². The molecule has 0 bridgehead atoms. The van der Waals surface area contributed by atoms with E-state index in [0.717, 1.165) is 27.0 Å². The van der Waals surface area contributed by atoms with Crippen molar-refractivity contribution in [3.8, 4) is 0 Å². The van der Waals surface area contributed by atoms with Crippen LogP contribution in [-0.4, -0.2) is 25.4 Å². The zero-order chi connectivity index (χ0) is 14.8. The molecule has 0 saturated carbocycles. The van der Waals surface area contributed by atoms with Crippen molar-refractivity contribution in [2.75, 3.05) is 5.88 Å². The number of fused-ring (bicyclic) bond motifs is 1. The van der Waals surface area contributed by atoms with Crippen molar-refractivity contribution < 1.29 is 0 Å². The molecule has 0 amide bonds. The van der Waals surface area contributed by atoms with Gasteiger partial charge in [0, 0.05) is 35.4 Å². The molecule has 0 N–H and O–H groups in total. The Hall–Kier alpha value is -1.46. The average Bonchev–Trinajstić information content (AvgIpc) is 2.85. The standard InChI is InChI=1S/C15H14BrClN4/c1-10(11-3-2-6-18-8-11)21-14(4-5-17)20-13-7-12(16)9-19-15(13)21/h2-3,6-10H,4-5H2,1H3. The number of hydrogen-bond donors (Lipinski definition) is 0. The smallest absolute Gasteiger partial charge is 0.160 e. The number of aromatic nitrogens is 4. The number of alkyl halides is 1. The van der Waals surface area contributed by atoms with Gasteiger partial charge in [0.2, 0.25) is 0 Å². The van der Waals surface area contributed by atoms with Crippen molar-refractivity contribution in [3.63, 3.8) is 0 Å². The summed E-state index contributed by atoms with van der Waals surface area (Å²) in [5, 5.41) is 0. The number of aryl methyl sites for hydroxylation is 1. The molecule has 1 atom stereocenters. The van der Waals surface area contributed by atoms with Crippen molar-refractivity contribution in [2.45, 2.75) is 19.4 Å². The van der Waals surface area contributed by atoms with Crippen molar-refractivity contribution in [3.05, 3.63) is 52.7 Å². The van der Waals surface area contributed by atoms with E-state index in [1.165, 1.54) is 0 Å². The zero-order valence-electron chi connectivity index (χ0n) is 11.5. The second-order valence-electron chi connectivity index (χ2n) is 4.80. The summed E-state index contributed by atoms with van der Waals surface area (Å²) in [6.45, 7) is 2.12. The van der Waals surface area contributed by atoms with Crippen LogP contribution in [0, 0.1) is 0 Å². The molecule has 0 aliphatic carbocycles. The summed E-state index contributed by atoms with van der Waals surface area (Å²) in [6, 6.07) is 6.09. The summed E-state index contributed by atoms with van der Waals surface area (Å²) in [5.41, 5.74) is 2.87. The predicted octanol–water partition coefficient (Wildman–Crippen LogP) is 3.98. The molecule has 4 nitrogen and oxygen atoms in total. The van der Waals surface area contributed by atoms with E-state index < -0.39 is 0 Å². The largest absolute Gasteiger partial charge is 0.305 e. The van der Waals surface area contributed by atoms with E-state index in [9.17, 15) is 0 Å². The molecule has 0 aliphatic rings. The highest BCUT2D eigenvalue weighted by Gasteiger charge is 2.18. The first kappa shape index (κ1) is 14.5. The quantitative estimate of drug-likeness (QED) is 0.657. The molecule has 6 heteroatoms. The highest BCUT2D eigenvalue weighted by Crippen LogP contribution is 2.26. The second-order valence-corrected chi connectivity index (χ2v) is 6.09. The minimum Gasteiger partial charge on any atom is -0.305 e. The number of pyridine rings is 2. The number of imidazole rings is 1. The Morgan fingerprint density at radius 3 is 2.95 bits per heavy atom. The molecule has 108 valence electrons. The monoisotopic (exact) mass is 364 g/mol. The molecule has 1 unspecified atom stereocenters. The lowest BCUT2D eigenvalue weighted by atomic mass is 10.1. The van der Waals surface area contributed by atoms with Crippen LogP contribution in [0.2, 0.25) is 0 Å². The third-order valence-electron chi connectivity index (χ3n) is 3.44. The van der Waals surface area contributed by atoms with Crippen LogP contribution in [-0.2, 0) is 6.42 Å². The van der Waals surface area contributed by atoms with Gasteiger partial charge in [-0.3, -0.25) is 4.98 Å². The molecule has 0 fully saturated rings. The summed E-state index contributed by atoms with van der Waals surface area (Å²) in [7, 11) is 0. The number of nitrogens with zero attached hydrogens (tertiary/aromatic N) is 4. The van der Waals surface area contributed by atoms with Gasteiger partial charge in [-0.25, -0.2) is 9.97 Å². The summed E-state index contributed by atoms with van der Waals surface area (Å²) >= 11 is 9.36. The zero-order valence-corrected chi connectivity index (χ0v) is 13.8. The fourth-order valence-electron chi connectivity index (χ4n) is 2.44. The minimum atomic E-state index is 0.107. The highest BCUT2D eigenvalue weighted by molar-refractivity contribution is 9.10. The van der Waals surface area contributed by atoms with Crippen LogP contribution in [0.3, 0.4) is 0 Å². The first-order valence-corrected chi connectivity index (χ1v) is 8.01. The van der Waals surface area contributed by atoms with Crippen LogP contribution in [0.4, 0.5) is 0 Å². The van der Waals surface area contributed by atoms with Crippen LogP contribution >= 0.6 is 27.5 Å². The van der Waals surface area contributed by atoms with Gasteiger partial charge in [-0.05, 0) is 40.5 Å². The average molecular weight is 366 g/mol. The van der Waals surface area contributed by atoms with E-state index >= 15 is 0 Å². The number of halogens is 2. The lowest BCUT2D eigenvalue weighted by molar-refractivity contribution is 0.617. The van der Waals surface area contributed by atoms with E-state index in [-0.39, 0.29) is 6.04 Å². The van der Waals surface area contributed by atoms with Crippen molar-refractivity contribution in [1.82, 2.24) is 19.5 Å². The molecule has 3 aromatic rings. The van der Waals surface area contributed by atoms with E-state index in [1.807, 2.05) is 18.3 Å². The fourth-order valence-corrected chi connectivity index (χ4v) is 2.93. The van der Waals surface area contributed by atoms with Crippen molar-refractivity contribution in [1.29, 1.82) is 0 Å². The first-order chi connectivity index (χ1) is 10.2. The Morgan fingerprint density at radius 1 is 1.38 bits per heavy atom. The van der Waals surface area contributed by atoms with E-state index in [0.29, 0.717) is 12.3 Å². The SMILES string of the molecule is CC(c1cccnc1)n1c(CCCl)nc2cc(Br)cnc21. The molecule has 21 heavy (non-hydrogen) atoms. The Labute approximate surface area is 136 Å². The summed E-state index contributed by atoms with van der Waals surface area (Å²) in [4.78, 5) is 13.4. The van der Waals surface area contributed by atoms with Gasteiger partial charge in [-0.2, -0.15) is 0 Å². The maximum atomic E-state index is 5.92. The van der Waals surface area contributed by atoms with Gasteiger partial charge < -0.3 is 4.57 Å². The van der Waals surface area contributed by atoms with Crippen LogP contribution in [0.1, 0.15) is 24.4 Å².